The summed E-state index contributed by atoms with van der Waals surface area (Å²) in [6, 6.07) is 5.35. The summed E-state index contributed by atoms with van der Waals surface area (Å²) in [5, 5.41) is 13.2. The fourth-order valence-corrected chi connectivity index (χ4v) is 6.35. The molecule has 192 valence electrons. The zero-order valence-corrected chi connectivity index (χ0v) is 21.1. The minimum atomic E-state index is -1.16. The van der Waals surface area contributed by atoms with Crippen LogP contribution in [0, 0.1) is 17.8 Å². The molecule has 2 bridgehead atoms. The quantitative estimate of drug-likeness (QED) is 0.513. The summed E-state index contributed by atoms with van der Waals surface area (Å²) in [5.41, 5.74) is -1.50. The van der Waals surface area contributed by atoms with E-state index in [4.69, 9.17) is 14.2 Å². The number of benzene rings is 1. The molecule has 3 heterocycles. The van der Waals surface area contributed by atoms with E-state index in [-0.39, 0.29) is 25.0 Å². The van der Waals surface area contributed by atoms with Gasteiger partial charge >= 0.3 is 5.97 Å². The second-order valence-corrected chi connectivity index (χ2v) is 10.4. The van der Waals surface area contributed by atoms with Crippen molar-refractivity contribution in [3.05, 3.63) is 24.3 Å². The van der Waals surface area contributed by atoms with E-state index in [2.05, 4.69) is 5.32 Å². The Kier molecular flexibility index (Phi) is 6.85. The first-order valence-electron chi connectivity index (χ1n) is 12.4. The monoisotopic (exact) mass is 488 g/mol. The number of anilines is 1. The zero-order valence-electron chi connectivity index (χ0n) is 21.1. The van der Waals surface area contributed by atoms with Crippen molar-refractivity contribution < 1.29 is 33.7 Å². The van der Waals surface area contributed by atoms with Crippen molar-refractivity contribution in [1.29, 1.82) is 0 Å². The van der Waals surface area contributed by atoms with Crippen LogP contribution in [-0.2, 0) is 23.9 Å². The van der Waals surface area contributed by atoms with Crippen molar-refractivity contribution >= 4 is 23.5 Å². The molecule has 3 saturated heterocycles. The number of fused-ring (bicyclic) bond motifs is 1. The normalized spacial score (nSPS) is 32.0. The molecule has 1 aromatic carbocycles. The van der Waals surface area contributed by atoms with Gasteiger partial charge < -0.3 is 29.5 Å². The van der Waals surface area contributed by atoms with Gasteiger partial charge in [-0.25, -0.2) is 0 Å². The third-order valence-corrected chi connectivity index (χ3v) is 7.71. The Bertz CT molecular complexity index is 980. The number of ether oxygens (including phenoxy) is 3. The van der Waals surface area contributed by atoms with Crippen molar-refractivity contribution in [2.45, 2.75) is 70.2 Å². The predicted molar refractivity (Wildman–Crippen MR) is 128 cm³/mol. The average Bonchev–Trinajstić information content (AvgIpc) is 3.38. The summed E-state index contributed by atoms with van der Waals surface area (Å²) < 4.78 is 17.1. The highest BCUT2D eigenvalue weighted by molar-refractivity contribution is 6.03. The lowest BCUT2D eigenvalue weighted by molar-refractivity contribution is -0.160. The number of nitrogens with one attached hydrogen (secondary N) is 1. The molecule has 0 saturated carbocycles. The van der Waals surface area contributed by atoms with Crippen molar-refractivity contribution in [1.82, 2.24) is 4.90 Å². The molecule has 0 aliphatic carbocycles. The predicted octanol–water partition coefficient (Wildman–Crippen LogP) is 2.37. The van der Waals surface area contributed by atoms with Gasteiger partial charge in [0.05, 0.1) is 37.9 Å². The number of esters is 1. The second kappa shape index (κ2) is 9.43. The molecule has 3 aliphatic heterocycles. The fraction of sp³-hybridized carbons (Fsp3) is 0.654. The van der Waals surface area contributed by atoms with Crippen molar-refractivity contribution in [3.63, 3.8) is 0 Å². The Labute approximate surface area is 206 Å². The van der Waals surface area contributed by atoms with Gasteiger partial charge in [0.25, 0.3) is 0 Å². The minimum Gasteiger partial charge on any atom is -0.497 e. The molecule has 35 heavy (non-hydrogen) atoms. The van der Waals surface area contributed by atoms with Gasteiger partial charge in [-0.1, -0.05) is 13.8 Å². The number of aliphatic hydroxyl groups is 1. The Balaban J connectivity index is 1.75. The maximum Gasteiger partial charge on any atom is 0.312 e. The van der Waals surface area contributed by atoms with Crippen LogP contribution in [0.1, 0.15) is 47.0 Å². The molecular formula is C26H36N2O7. The van der Waals surface area contributed by atoms with E-state index in [0.717, 1.165) is 0 Å². The molecule has 3 fully saturated rings. The van der Waals surface area contributed by atoms with Crippen LogP contribution in [0.3, 0.4) is 0 Å². The molecule has 0 aromatic heterocycles. The van der Waals surface area contributed by atoms with E-state index < -0.39 is 47.0 Å². The van der Waals surface area contributed by atoms with Crippen LogP contribution in [0.2, 0.25) is 0 Å². The topological polar surface area (TPSA) is 114 Å². The minimum absolute atomic E-state index is 0.179. The fourth-order valence-electron chi connectivity index (χ4n) is 6.35. The van der Waals surface area contributed by atoms with Crippen LogP contribution in [-0.4, -0.2) is 71.4 Å². The molecule has 9 heteroatoms. The number of hydrogen-bond acceptors (Lipinski definition) is 7. The highest BCUT2D eigenvalue weighted by Gasteiger charge is 2.78. The van der Waals surface area contributed by atoms with Crippen molar-refractivity contribution in [3.8, 4) is 5.75 Å². The molecule has 1 aromatic rings. The lowest BCUT2D eigenvalue weighted by Gasteiger charge is -2.37. The lowest BCUT2D eigenvalue weighted by atomic mass is 9.66. The summed E-state index contributed by atoms with van der Waals surface area (Å²) in [7, 11) is 1.56. The van der Waals surface area contributed by atoms with E-state index in [1.54, 1.807) is 38.3 Å². The number of likely N-dealkylation sites (tertiary alicyclic amines) is 1. The van der Waals surface area contributed by atoms with Gasteiger partial charge in [0.15, 0.2) is 0 Å². The number of carbonyl (C=O) groups excluding carboxylic acids is 3. The van der Waals surface area contributed by atoms with E-state index in [9.17, 15) is 19.5 Å². The smallest absolute Gasteiger partial charge is 0.312 e. The number of carbonyl (C=O) groups is 3. The summed E-state index contributed by atoms with van der Waals surface area (Å²) in [5.74, 6) is -2.02. The largest absolute Gasteiger partial charge is 0.497 e. The lowest BCUT2D eigenvalue weighted by Crippen LogP contribution is -2.56. The summed E-state index contributed by atoms with van der Waals surface area (Å²) >= 11 is 0. The van der Waals surface area contributed by atoms with Crippen LogP contribution >= 0.6 is 0 Å². The number of hydrogen-bond donors (Lipinski definition) is 2. The van der Waals surface area contributed by atoms with Gasteiger partial charge in [0.2, 0.25) is 11.8 Å². The van der Waals surface area contributed by atoms with Crippen molar-refractivity contribution in [2.75, 3.05) is 25.6 Å². The SMILES string of the molecule is CCOC(=O)[C@H]1[C@H]2C(=O)N([C@@H](CO)CC(C)C)C(C(=O)Nc3ccc(OC)cc3)C23CC[C@]1(C)O3. The van der Waals surface area contributed by atoms with Crippen LogP contribution in [0.4, 0.5) is 5.69 Å². The first-order valence-corrected chi connectivity index (χ1v) is 12.4. The summed E-state index contributed by atoms with van der Waals surface area (Å²) in [6.07, 6.45) is 1.51. The Hall–Kier alpha value is -2.65. The van der Waals surface area contributed by atoms with Crippen LogP contribution in [0.5, 0.6) is 5.75 Å². The van der Waals surface area contributed by atoms with Gasteiger partial charge in [0.1, 0.15) is 23.3 Å². The molecule has 2 amide bonds. The first kappa shape index (κ1) is 25.4. The molecule has 1 spiro atoms. The van der Waals surface area contributed by atoms with E-state index in [1.807, 2.05) is 20.8 Å². The first-order chi connectivity index (χ1) is 16.6. The molecule has 9 nitrogen and oxygen atoms in total. The third kappa shape index (κ3) is 4.08. The van der Waals surface area contributed by atoms with E-state index in [1.165, 1.54) is 4.90 Å². The van der Waals surface area contributed by atoms with E-state index in [0.29, 0.717) is 30.7 Å². The number of aliphatic hydroxyl groups excluding tert-OH is 1. The Morgan fingerprint density at radius 1 is 1.26 bits per heavy atom. The number of methoxy groups -OCH3 is 1. The average molecular weight is 489 g/mol. The molecule has 3 aliphatic rings. The van der Waals surface area contributed by atoms with Crippen LogP contribution in [0.15, 0.2) is 24.3 Å². The number of amides is 2. The van der Waals surface area contributed by atoms with Gasteiger partial charge in [-0.05, 0) is 63.3 Å². The summed E-state index contributed by atoms with van der Waals surface area (Å²) in [6.45, 7) is 7.45. The molecule has 2 unspecified atom stereocenters. The van der Waals surface area contributed by atoms with Gasteiger partial charge in [-0.3, -0.25) is 14.4 Å². The molecule has 0 radical (unpaired) electrons. The standard InChI is InChI=1S/C26H36N2O7/c1-6-34-24(32)20-19-23(31)28(17(14-29)13-15(2)3)21(26(19)12-11-25(20,4)35-26)22(30)27-16-7-9-18(33-5)10-8-16/h7-10,15,17,19-21,29H,6,11-14H2,1-5H3,(H,27,30)/t17-,19+,20-,21?,25+,26?/m1/s1. The second-order valence-electron chi connectivity index (χ2n) is 10.4. The summed E-state index contributed by atoms with van der Waals surface area (Å²) in [4.78, 5) is 42.4. The number of nitrogens with zero attached hydrogens (tertiary/aromatic N) is 1. The molecule has 6 atom stereocenters. The third-order valence-electron chi connectivity index (χ3n) is 7.71. The maximum atomic E-state index is 14.0. The Morgan fingerprint density at radius 2 is 1.94 bits per heavy atom. The van der Waals surface area contributed by atoms with Gasteiger partial charge in [-0.15, -0.1) is 0 Å². The maximum absolute atomic E-state index is 14.0. The molecule has 4 rings (SSSR count). The number of rotatable bonds is 9. The molecular weight excluding hydrogens is 452 g/mol. The van der Waals surface area contributed by atoms with Crippen LogP contribution in [0.25, 0.3) is 0 Å². The highest BCUT2D eigenvalue weighted by atomic mass is 16.6. The molecule has 2 N–H and O–H groups in total. The zero-order chi connectivity index (χ0) is 25.5. The highest BCUT2D eigenvalue weighted by Crippen LogP contribution is 2.63. The van der Waals surface area contributed by atoms with Gasteiger partial charge in [-0.2, -0.15) is 0 Å². The van der Waals surface area contributed by atoms with Crippen molar-refractivity contribution in [2.24, 2.45) is 17.8 Å². The Morgan fingerprint density at radius 3 is 2.51 bits per heavy atom. The van der Waals surface area contributed by atoms with Crippen LogP contribution < -0.4 is 10.1 Å². The van der Waals surface area contributed by atoms with E-state index >= 15 is 0 Å². The van der Waals surface area contributed by atoms with Gasteiger partial charge in [0, 0.05) is 5.69 Å².